The predicted molar refractivity (Wildman–Crippen MR) is 99.2 cm³/mol. The van der Waals surface area contributed by atoms with Crippen LogP contribution in [0.2, 0.25) is 0 Å². The van der Waals surface area contributed by atoms with Crippen molar-refractivity contribution in [2.75, 3.05) is 13.6 Å². The second-order valence-electron chi connectivity index (χ2n) is 6.46. The molecule has 0 fully saturated rings. The molecule has 0 amide bonds. The molecule has 1 aromatic heterocycles. The average Bonchev–Trinajstić information content (AvgIpc) is 3.01. The number of hydrogen-bond acceptors (Lipinski definition) is 3. The zero-order valence-electron chi connectivity index (χ0n) is 14.4. The van der Waals surface area contributed by atoms with Crippen LogP contribution in [0.1, 0.15) is 37.0 Å². The highest BCUT2D eigenvalue weighted by atomic mass is 32.1. The fraction of sp³-hybridized carbons (Fsp3) is 0.444. The Hall–Kier alpha value is -1.88. The van der Waals surface area contributed by atoms with E-state index in [0.29, 0.717) is 0 Å². The lowest BCUT2D eigenvalue weighted by atomic mass is 9.93. The van der Waals surface area contributed by atoms with Gasteiger partial charge in [-0.15, -0.1) is 11.3 Å². The minimum atomic E-state index is 0.120. The monoisotopic (exact) mass is 330 g/mol. The minimum Gasteiger partial charge on any atom is -0.356 e. The highest BCUT2D eigenvalue weighted by Crippen LogP contribution is 2.23. The van der Waals surface area contributed by atoms with Crippen molar-refractivity contribution in [1.29, 1.82) is 0 Å². The molecular weight excluding hydrogens is 304 g/mol. The third-order valence-corrected chi connectivity index (χ3v) is 4.39. The molecule has 0 spiro atoms. The van der Waals surface area contributed by atoms with Gasteiger partial charge in [-0.1, -0.05) is 51.1 Å². The molecule has 23 heavy (non-hydrogen) atoms. The molecule has 2 aromatic rings. The second-order valence-corrected chi connectivity index (χ2v) is 7.41. The van der Waals surface area contributed by atoms with Gasteiger partial charge in [0.05, 0.1) is 10.7 Å². The number of nitrogens with zero attached hydrogens (tertiary/aromatic N) is 2. The molecular formula is C18H26N4S. The van der Waals surface area contributed by atoms with Crippen molar-refractivity contribution in [3.8, 4) is 0 Å². The van der Waals surface area contributed by atoms with E-state index in [9.17, 15) is 0 Å². The molecule has 1 heterocycles. The summed E-state index contributed by atoms with van der Waals surface area (Å²) in [4.78, 5) is 8.97. The third-order valence-electron chi connectivity index (χ3n) is 3.48. The van der Waals surface area contributed by atoms with E-state index in [1.165, 1.54) is 16.3 Å². The molecule has 0 aliphatic carbocycles. The molecule has 0 unspecified atom stereocenters. The maximum Gasteiger partial charge on any atom is 0.191 e. The maximum atomic E-state index is 4.72. The summed E-state index contributed by atoms with van der Waals surface area (Å²) in [7, 11) is 1.79. The van der Waals surface area contributed by atoms with E-state index in [1.807, 2.05) is 18.2 Å². The third kappa shape index (κ3) is 5.67. The Morgan fingerprint density at radius 3 is 2.52 bits per heavy atom. The van der Waals surface area contributed by atoms with Crippen LogP contribution in [-0.2, 0) is 18.4 Å². The van der Waals surface area contributed by atoms with Crippen molar-refractivity contribution in [2.45, 2.75) is 39.2 Å². The van der Waals surface area contributed by atoms with Crippen molar-refractivity contribution in [3.63, 3.8) is 0 Å². The number of thiazole rings is 1. The predicted octanol–water partition coefficient (Wildman–Crippen LogP) is 3.35. The van der Waals surface area contributed by atoms with E-state index in [2.05, 4.69) is 53.9 Å². The van der Waals surface area contributed by atoms with Crippen molar-refractivity contribution in [1.82, 2.24) is 15.6 Å². The first-order valence-electron chi connectivity index (χ1n) is 7.92. The zero-order valence-corrected chi connectivity index (χ0v) is 15.2. The van der Waals surface area contributed by atoms with Crippen LogP contribution in [-0.4, -0.2) is 24.5 Å². The van der Waals surface area contributed by atoms with Gasteiger partial charge in [-0.2, -0.15) is 0 Å². The Balaban J connectivity index is 1.77. The quantitative estimate of drug-likeness (QED) is 0.653. The molecule has 0 aliphatic heterocycles. The molecule has 124 valence electrons. The lowest BCUT2D eigenvalue weighted by molar-refractivity contribution is 0.570. The molecule has 0 aliphatic rings. The summed E-state index contributed by atoms with van der Waals surface area (Å²) in [6, 6.07) is 10.3. The van der Waals surface area contributed by atoms with Gasteiger partial charge in [-0.05, 0) is 5.56 Å². The smallest absolute Gasteiger partial charge is 0.191 e. The van der Waals surface area contributed by atoms with Crippen LogP contribution in [0.4, 0.5) is 0 Å². The molecule has 2 N–H and O–H groups in total. The van der Waals surface area contributed by atoms with Gasteiger partial charge in [-0.3, -0.25) is 4.99 Å². The van der Waals surface area contributed by atoms with Crippen molar-refractivity contribution in [3.05, 3.63) is 52.0 Å². The molecule has 4 nitrogen and oxygen atoms in total. The summed E-state index contributed by atoms with van der Waals surface area (Å²) in [6.45, 7) is 8.18. The van der Waals surface area contributed by atoms with Gasteiger partial charge in [0.2, 0.25) is 0 Å². The first kappa shape index (κ1) is 17.5. The van der Waals surface area contributed by atoms with E-state index in [1.54, 1.807) is 18.4 Å². The summed E-state index contributed by atoms with van der Waals surface area (Å²) < 4.78 is 0. The first-order chi connectivity index (χ1) is 11.0. The van der Waals surface area contributed by atoms with Crippen LogP contribution >= 0.6 is 11.3 Å². The van der Waals surface area contributed by atoms with Gasteiger partial charge < -0.3 is 10.6 Å². The Morgan fingerprint density at radius 1 is 1.17 bits per heavy atom. The number of aliphatic imine (C=N–C) groups is 1. The summed E-state index contributed by atoms with van der Waals surface area (Å²) in [5.74, 6) is 0.821. The van der Waals surface area contributed by atoms with Gasteiger partial charge in [-0.25, -0.2) is 4.98 Å². The Bertz CT molecular complexity index is 626. The lowest BCUT2D eigenvalue weighted by Crippen LogP contribution is -2.37. The number of benzene rings is 1. The van der Waals surface area contributed by atoms with Crippen LogP contribution in [0.3, 0.4) is 0 Å². The maximum absolute atomic E-state index is 4.72. The largest absolute Gasteiger partial charge is 0.356 e. The molecule has 0 saturated carbocycles. The number of hydrogen-bond donors (Lipinski definition) is 2. The fourth-order valence-electron chi connectivity index (χ4n) is 2.06. The van der Waals surface area contributed by atoms with Crippen molar-refractivity contribution in [2.24, 2.45) is 4.99 Å². The summed E-state index contributed by atoms with van der Waals surface area (Å²) >= 11 is 1.73. The fourth-order valence-corrected chi connectivity index (χ4v) is 3.09. The van der Waals surface area contributed by atoms with Crippen LogP contribution in [0.5, 0.6) is 0 Å². The summed E-state index contributed by atoms with van der Waals surface area (Å²) in [6.07, 6.45) is 0.910. The van der Waals surface area contributed by atoms with E-state index in [4.69, 9.17) is 4.98 Å². The van der Waals surface area contributed by atoms with Gasteiger partial charge in [0.15, 0.2) is 5.96 Å². The topological polar surface area (TPSA) is 49.3 Å². The zero-order chi connectivity index (χ0) is 16.7. The summed E-state index contributed by atoms with van der Waals surface area (Å²) in [5, 5.41) is 10.00. The Morgan fingerprint density at radius 2 is 1.91 bits per heavy atom. The van der Waals surface area contributed by atoms with Crippen LogP contribution < -0.4 is 10.6 Å². The number of aromatic nitrogens is 1. The second kappa shape index (κ2) is 8.11. The molecule has 0 saturated heterocycles. The molecule has 0 bridgehead atoms. The Kier molecular flexibility index (Phi) is 6.16. The van der Waals surface area contributed by atoms with Gasteiger partial charge >= 0.3 is 0 Å². The number of rotatable bonds is 5. The standard InChI is InChI=1S/C18H26N4S/c1-18(2,3)15-13-23-16(22-15)10-11-20-17(19-4)21-12-14-8-6-5-7-9-14/h5-9,13H,10-12H2,1-4H3,(H2,19,20,21). The van der Waals surface area contributed by atoms with Crippen molar-refractivity contribution >= 4 is 17.3 Å². The molecule has 0 radical (unpaired) electrons. The first-order valence-corrected chi connectivity index (χ1v) is 8.80. The van der Waals surface area contributed by atoms with E-state index in [-0.39, 0.29) is 5.41 Å². The summed E-state index contributed by atoms with van der Waals surface area (Å²) in [5.41, 5.74) is 2.53. The number of nitrogens with one attached hydrogen (secondary N) is 2. The number of guanidine groups is 1. The highest BCUT2D eigenvalue weighted by molar-refractivity contribution is 7.09. The lowest BCUT2D eigenvalue weighted by Gasteiger charge is -2.14. The Labute approximate surface area is 143 Å². The van der Waals surface area contributed by atoms with E-state index < -0.39 is 0 Å². The average molecular weight is 331 g/mol. The highest BCUT2D eigenvalue weighted by Gasteiger charge is 2.17. The molecule has 0 atom stereocenters. The minimum absolute atomic E-state index is 0.120. The van der Waals surface area contributed by atoms with Gasteiger partial charge in [0, 0.05) is 37.4 Å². The molecule has 1 aromatic carbocycles. The van der Waals surface area contributed by atoms with E-state index >= 15 is 0 Å². The van der Waals surface area contributed by atoms with Crippen LogP contribution in [0.15, 0.2) is 40.7 Å². The SMILES string of the molecule is CN=C(NCCc1nc(C(C)(C)C)cs1)NCc1ccccc1. The molecule has 2 rings (SSSR count). The van der Waals surface area contributed by atoms with Gasteiger partial charge in [0.1, 0.15) is 0 Å². The van der Waals surface area contributed by atoms with Crippen molar-refractivity contribution < 1.29 is 0 Å². The molecule has 5 heteroatoms. The van der Waals surface area contributed by atoms with Crippen LogP contribution in [0, 0.1) is 0 Å². The van der Waals surface area contributed by atoms with E-state index in [0.717, 1.165) is 25.5 Å². The normalized spacial score (nSPS) is 12.3. The van der Waals surface area contributed by atoms with Gasteiger partial charge in [0.25, 0.3) is 0 Å². The van der Waals surface area contributed by atoms with Crippen LogP contribution in [0.25, 0.3) is 0 Å².